The fourth-order valence-corrected chi connectivity index (χ4v) is 2.30. The average molecular weight is 276 g/mol. The SMILES string of the molecule is NC(CCc1ccco1)c1cnc(C(F)(F)F)s1. The van der Waals surface area contributed by atoms with Gasteiger partial charge in [0.25, 0.3) is 0 Å². The highest BCUT2D eigenvalue weighted by Gasteiger charge is 2.35. The number of aromatic nitrogens is 1. The van der Waals surface area contributed by atoms with E-state index in [1.165, 1.54) is 6.20 Å². The summed E-state index contributed by atoms with van der Waals surface area (Å²) in [6.07, 6.45) is -0.542. The van der Waals surface area contributed by atoms with Crippen molar-refractivity contribution in [1.82, 2.24) is 4.98 Å². The fourth-order valence-electron chi connectivity index (χ4n) is 1.48. The third-order valence-corrected chi connectivity index (χ3v) is 3.59. The first-order valence-electron chi connectivity index (χ1n) is 5.27. The zero-order valence-corrected chi connectivity index (χ0v) is 10.1. The van der Waals surface area contributed by atoms with Gasteiger partial charge in [-0.05, 0) is 18.6 Å². The van der Waals surface area contributed by atoms with Crippen molar-refractivity contribution in [2.45, 2.75) is 25.1 Å². The first-order valence-corrected chi connectivity index (χ1v) is 6.09. The van der Waals surface area contributed by atoms with E-state index < -0.39 is 17.2 Å². The normalized spacial score (nSPS) is 13.8. The van der Waals surface area contributed by atoms with Crippen LogP contribution >= 0.6 is 11.3 Å². The summed E-state index contributed by atoms with van der Waals surface area (Å²) in [5.41, 5.74) is 5.83. The lowest BCUT2D eigenvalue weighted by Crippen LogP contribution is -2.09. The van der Waals surface area contributed by atoms with Gasteiger partial charge in [-0.25, -0.2) is 4.98 Å². The molecule has 98 valence electrons. The second kappa shape index (κ2) is 5.11. The Morgan fingerprint density at radius 2 is 2.22 bits per heavy atom. The molecule has 0 spiro atoms. The van der Waals surface area contributed by atoms with Crippen LogP contribution in [0.5, 0.6) is 0 Å². The molecule has 0 bridgehead atoms. The maximum Gasteiger partial charge on any atom is 0.443 e. The van der Waals surface area contributed by atoms with Gasteiger partial charge in [0.2, 0.25) is 0 Å². The quantitative estimate of drug-likeness (QED) is 0.931. The number of furan rings is 1. The van der Waals surface area contributed by atoms with E-state index in [0.29, 0.717) is 29.1 Å². The van der Waals surface area contributed by atoms with Crippen LogP contribution in [0.25, 0.3) is 0 Å². The molecule has 0 aliphatic heterocycles. The van der Waals surface area contributed by atoms with Gasteiger partial charge in [0.15, 0.2) is 5.01 Å². The van der Waals surface area contributed by atoms with Gasteiger partial charge in [0, 0.05) is 23.5 Å². The highest BCUT2D eigenvalue weighted by atomic mass is 32.1. The van der Waals surface area contributed by atoms with Crippen molar-refractivity contribution >= 4 is 11.3 Å². The maximum absolute atomic E-state index is 12.4. The molecule has 0 fully saturated rings. The van der Waals surface area contributed by atoms with Gasteiger partial charge < -0.3 is 10.2 Å². The lowest BCUT2D eigenvalue weighted by molar-refractivity contribution is -0.137. The molecule has 2 heterocycles. The lowest BCUT2D eigenvalue weighted by Gasteiger charge is -2.07. The van der Waals surface area contributed by atoms with Gasteiger partial charge >= 0.3 is 6.18 Å². The Labute approximate surface area is 105 Å². The Balaban J connectivity index is 1.96. The van der Waals surface area contributed by atoms with Crippen LogP contribution in [0.2, 0.25) is 0 Å². The maximum atomic E-state index is 12.4. The number of nitrogens with two attached hydrogens (primary N) is 1. The summed E-state index contributed by atoms with van der Waals surface area (Å²) in [5.74, 6) is 0.769. The lowest BCUT2D eigenvalue weighted by atomic mass is 10.1. The zero-order chi connectivity index (χ0) is 13.2. The van der Waals surface area contributed by atoms with E-state index in [0.717, 1.165) is 5.76 Å². The molecule has 2 N–H and O–H groups in total. The minimum absolute atomic E-state index is 0.439. The second-order valence-corrected chi connectivity index (χ2v) is 4.85. The molecule has 0 aliphatic rings. The topological polar surface area (TPSA) is 52.0 Å². The average Bonchev–Trinajstić information content (AvgIpc) is 2.96. The molecule has 0 aliphatic carbocycles. The number of halogens is 3. The molecule has 2 rings (SSSR count). The molecule has 0 saturated carbocycles. The summed E-state index contributed by atoms with van der Waals surface area (Å²) >= 11 is 0.593. The summed E-state index contributed by atoms with van der Waals surface area (Å²) in [4.78, 5) is 3.78. The van der Waals surface area contributed by atoms with Crippen molar-refractivity contribution in [1.29, 1.82) is 0 Å². The summed E-state index contributed by atoms with van der Waals surface area (Å²) in [6.45, 7) is 0. The Morgan fingerprint density at radius 1 is 1.44 bits per heavy atom. The Kier molecular flexibility index (Phi) is 3.72. The van der Waals surface area contributed by atoms with Gasteiger partial charge in [-0.3, -0.25) is 0 Å². The fraction of sp³-hybridized carbons (Fsp3) is 0.364. The molecule has 1 unspecified atom stereocenters. The molecule has 0 aromatic carbocycles. The van der Waals surface area contributed by atoms with Crippen molar-refractivity contribution in [3.63, 3.8) is 0 Å². The number of aryl methyl sites for hydroxylation is 1. The molecule has 0 radical (unpaired) electrons. The van der Waals surface area contributed by atoms with Crippen molar-refractivity contribution in [2.24, 2.45) is 5.73 Å². The second-order valence-electron chi connectivity index (χ2n) is 3.79. The number of hydrogen-bond donors (Lipinski definition) is 1. The summed E-state index contributed by atoms with van der Waals surface area (Å²) in [6, 6.07) is 3.11. The van der Waals surface area contributed by atoms with E-state index in [1.807, 2.05) is 0 Å². The molecule has 0 saturated heterocycles. The van der Waals surface area contributed by atoms with E-state index >= 15 is 0 Å². The minimum atomic E-state index is -4.40. The van der Waals surface area contributed by atoms with Crippen LogP contribution in [0.1, 0.15) is 28.1 Å². The predicted molar refractivity (Wildman–Crippen MR) is 61.1 cm³/mol. The van der Waals surface area contributed by atoms with E-state index in [9.17, 15) is 13.2 Å². The van der Waals surface area contributed by atoms with Gasteiger partial charge in [0.05, 0.1) is 6.26 Å². The highest BCUT2D eigenvalue weighted by molar-refractivity contribution is 7.11. The van der Waals surface area contributed by atoms with E-state index in [1.54, 1.807) is 18.4 Å². The number of hydrogen-bond acceptors (Lipinski definition) is 4. The minimum Gasteiger partial charge on any atom is -0.469 e. The number of thiazole rings is 1. The largest absolute Gasteiger partial charge is 0.469 e. The van der Waals surface area contributed by atoms with Crippen LogP contribution in [0.15, 0.2) is 29.0 Å². The first-order chi connectivity index (χ1) is 8.47. The number of nitrogens with zero attached hydrogens (tertiary/aromatic N) is 1. The molecule has 1 atom stereocenters. The molecule has 2 aromatic heterocycles. The van der Waals surface area contributed by atoms with Crippen molar-refractivity contribution in [2.75, 3.05) is 0 Å². The van der Waals surface area contributed by atoms with Crippen LogP contribution in [0.3, 0.4) is 0 Å². The van der Waals surface area contributed by atoms with Crippen LogP contribution in [-0.2, 0) is 12.6 Å². The van der Waals surface area contributed by atoms with Crippen LogP contribution in [-0.4, -0.2) is 4.98 Å². The standard InChI is InChI=1S/C11H11F3N2OS/c12-11(13,14)10-16-6-9(18-10)8(15)4-3-7-2-1-5-17-7/h1-2,5-6,8H,3-4,15H2. The third-order valence-electron chi connectivity index (χ3n) is 2.41. The van der Waals surface area contributed by atoms with E-state index in [4.69, 9.17) is 10.2 Å². The number of rotatable bonds is 4. The summed E-state index contributed by atoms with van der Waals surface area (Å²) in [7, 11) is 0. The van der Waals surface area contributed by atoms with Crippen LogP contribution in [0.4, 0.5) is 13.2 Å². The molecular weight excluding hydrogens is 265 g/mol. The van der Waals surface area contributed by atoms with E-state index in [-0.39, 0.29) is 0 Å². The number of alkyl halides is 3. The van der Waals surface area contributed by atoms with Crippen molar-refractivity contribution < 1.29 is 17.6 Å². The van der Waals surface area contributed by atoms with Crippen LogP contribution < -0.4 is 5.73 Å². The zero-order valence-electron chi connectivity index (χ0n) is 9.28. The highest BCUT2D eigenvalue weighted by Crippen LogP contribution is 2.34. The molecule has 2 aromatic rings. The summed E-state index contributed by atoms with van der Waals surface area (Å²) in [5, 5.41) is -0.856. The van der Waals surface area contributed by atoms with Gasteiger partial charge in [0.1, 0.15) is 5.76 Å². The summed E-state index contributed by atoms with van der Waals surface area (Å²) < 4.78 is 42.2. The molecule has 0 amide bonds. The first kappa shape index (κ1) is 13.1. The van der Waals surface area contributed by atoms with Crippen molar-refractivity contribution in [3.05, 3.63) is 40.2 Å². The third kappa shape index (κ3) is 3.11. The molecule has 7 heteroatoms. The monoisotopic (exact) mass is 276 g/mol. The molecular formula is C11H11F3N2OS. The van der Waals surface area contributed by atoms with Gasteiger partial charge in [-0.1, -0.05) is 0 Å². The Morgan fingerprint density at radius 3 is 2.78 bits per heavy atom. The Bertz CT molecular complexity index is 493. The smallest absolute Gasteiger partial charge is 0.443 e. The molecule has 18 heavy (non-hydrogen) atoms. The molecule has 3 nitrogen and oxygen atoms in total. The van der Waals surface area contributed by atoms with Gasteiger partial charge in [-0.15, -0.1) is 11.3 Å². The van der Waals surface area contributed by atoms with Crippen molar-refractivity contribution in [3.8, 4) is 0 Å². The van der Waals surface area contributed by atoms with E-state index in [2.05, 4.69) is 4.98 Å². The predicted octanol–water partition coefficient (Wildman–Crippen LogP) is 3.39. The van der Waals surface area contributed by atoms with Crippen LogP contribution in [0, 0.1) is 0 Å². The van der Waals surface area contributed by atoms with Gasteiger partial charge in [-0.2, -0.15) is 13.2 Å². The Hall–Kier alpha value is -1.34.